The second kappa shape index (κ2) is 4.88. The molecule has 2 N–H and O–H groups in total. The van der Waals surface area contributed by atoms with E-state index < -0.39 is 21.5 Å². The number of benzene rings is 2. The summed E-state index contributed by atoms with van der Waals surface area (Å²) in [7, 11) is -3.92. The second-order valence-corrected chi connectivity index (χ2v) is 6.49. The van der Waals surface area contributed by atoms with Crippen LogP contribution in [0.15, 0.2) is 53.6 Å². The molecule has 2 aromatic carbocycles. The maximum atomic E-state index is 12.7. The van der Waals surface area contributed by atoms with E-state index >= 15 is 0 Å². The lowest BCUT2D eigenvalue weighted by atomic mass is 10.2. The van der Waals surface area contributed by atoms with Crippen molar-refractivity contribution in [1.29, 1.82) is 0 Å². The lowest BCUT2D eigenvalue weighted by Crippen LogP contribution is -2.11. The van der Waals surface area contributed by atoms with Gasteiger partial charge in [0.25, 0.3) is 10.0 Å². The fraction of sp³-hybridized carbons (Fsp3) is 0. The predicted molar refractivity (Wildman–Crippen MR) is 79.7 cm³/mol. The van der Waals surface area contributed by atoms with E-state index in [1.807, 2.05) is 0 Å². The highest BCUT2D eigenvalue weighted by atomic mass is 32.2. The summed E-state index contributed by atoms with van der Waals surface area (Å²) in [6.07, 6.45) is 1.66. The van der Waals surface area contributed by atoms with E-state index in [1.54, 1.807) is 18.2 Å². The van der Waals surface area contributed by atoms with Crippen LogP contribution < -0.4 is 0 Å². The van der Waals surface area contributed by atoms with E-state index in [1.165, 1.54) is 18.3 Å². The van der Waals surface area contributed by atoms with Crippen molar-refractivity contribution in [1.82, 2.24) is 3.97 Å². The second-order valence-electron chi connectivity index (χ2n) is 4.67. The molecule has 1 aromatic heterocycles. The first kappa shape index (κ1) is 14.2. The van der Waals surface area contributed by atoms with Crippen LogP contribution in [0.2, 0.25) is 0 Å². The van der Waals surface area contributed by atoms with Gasteiger partial charge in [0.2, 0.25) is 0 Å². The molecule has 0 atom stereocenters. The molecular formula is C15H11NO5S. The van der Waals surface area contributed by atoms with Crippen LogP contribution in [0, 0.1) is 0 Å². The summed E-state index contributed by atoms with van der Waals surface area (Å²) in [6.45, 7) is 0. The zero-order valence-electron chi connectivity index (χ0n) is 11.2. The number of aldehydes is 1. The van der Waals surface area contributed by atoms with E-state index in [-0.39, 0.29) is 21.4 Å². The van der Waals surface area contributed by atoms with Gasteiger partial charge in [-0.25, -0.2) is 12.4 Å². The molecule has 0 spiro atoms. The van der Waals surface area contributed by atoms with Crippen LogP contribution in [0.25, 0.3) is 10.9 Å². The number of phenolic OH excluding ortho intramolecular Hbond substituents is 2. The Balaban J connectivity index is 2.37. The predicted octanol–water partition coefficient (Wildman–Crippen LogP) is 2.10. The lowest BCUT2D eigenvalue weighted by Gasteiger charge is -2.07. The molecule has 6 nitrogen and oxygen atoms in total. The van der Waals surface area contributed by atoms with Gasteiger partial charge in [-0.1, -0.05) is 18.2 Å². The topological polar surface area (TPSA) is 96.6 Å². The van der Waals surface area contributed by atoms with Crippen LogP contribution in [0.5, 0.6) is 11.5 Å². The Bertz CT molecular complexity index is 974. The molecule has 0 fully saturated rings. The van der Waals surface area contributed by atoms with E-state index in [9.17, 15) is 23.4 Å². The molecule has 0 aliphatic carbocycles. The molecule has 0 aliphatic heterocycles. The minimum absolute atomic E-state index is 0.0527. The van der Waals surface area contributed by atoms with Gasteiger partial charge >= 0.3 is 0 Å². The number of hydrogen-bond donors (Lipinski definition) is 2. The molecule has 7 heteroatoms. The van der Waals surface area contributed by atoms with Gasteiger partial charge in [0.15, 0.2) is 17.8 Å². The summed E-state index contributed by atoms with van der Waals surface area (Å²) in [6, 6.07) is 9.99. The summed E-state index contributed by atoms with van der Waals surface area (Å²) < 4.78 is 26.3. The highest BCUT2D eigenvalue weighted by Gasteiger charge is 2.22. The Morgan fingerprint density at radius 1 is 1.00 bits per heavy atom. The summed E-state index contributed by atoms with van der Waals surface area (Å²) in [4.78, 5) is 11.2. The number of carbonyl (C=O) groups excluding carboxylic acids is 1. The van der Waals surface area contributed by atoms with Crippen molar-refractivity contribution in [2.75, 3.05) is 0 Å². The van der Waals surface area contributed by atoms with Crippen LogP contribution in [0.3, 0.4) is 0 Å². The molecule has 3 rings (SSSR count). The summed E-state index contributed by atoms with van der Waals surface area (Å²) >= 11 is 0. The van der Waals surface area contributed by atoms with Crippen molar-refractivity contribution in [2.24, 2.45) is 0 Å². The van der Waals surface area contributed by atoms with Gasteiger partial charge in [0.05, 0.1) is 10.4 Å². The molecule has 0 aliphatic rings. The Labute approximate surface area is 125 Å². The van der Waals surface area contributed by atoms with Crippen LogP contribution in [0.4, 0.5) is 0 Å². The van der Waals surface area contributed by atoms with Crippen molar-refractivity contribution in [2.45, 2.75) is 4.90 Å². The molecule has 1 heterocycles. The zero-order valence-corrected chi connectivity index (χ0v) is 12.0. The number of fused-ring (bicyclic) bond motifs is 1. The first-order valence-corrected chi connectivity index (χ1v) is 7.72. The van der Waals surface area contributed by atoms with Crippen molar-refractivity contribution in [3.8, 4) is 11.5 Å². The van der Waals surface area contributed by atoms with Crippen LogP contribution in [-0.2, 0) is 10.0 Å². The van der Waals surface area contributed by atoms with Gasteiger partial charge in [-0.3, -0.25) is 4.79 Å². The SMILES string of the molecule is O=Cc1cn(S(=O)(=O)c2ccccc2)c2cc(O)c(O)cc12. The van der Waals surface area contributed by atoms with Crippen molar-refractivity contribution in [3.05, 3.63) is 54.2 Å². The Morgan fingerprint density at radius 3 is 2.27 bits per heavy atom. The monoisotopic (exact) mass is 317 g/mol. The normalized spacial score (nSPS) is 11.6. The number of carbonyl (C=O) groups is 1. The van der Waals surface area contributed by atoms with Gasteiger partial charge in [0.1, 0.15) is 0 Å². The third kappa shape index (κ3) is 2.03. The minimum atomic E-state index is -3.92. The highest BCUT2D eigenvalue weighted by Crippen LogP contribution is 2.34. The van der Waals surface area contributed by atoms with Gasteiger partial charge in [-0.05, 0) is 18.2 Å². The molecule has 0 unspecified atom stereocenters. The number of rotatable bonds is 3. The van der Waals surface area contributed by atoms with E-state index in [0.29, 0.717) is 6.29 Å². The molecule has 0 amide bonds. The van der Waals surface area contributed by atoms with Gasteiger partial charge in [-0.15, -0.1) is 0 Å². The van der Waals surface area contributed by atoms with Crippen molar-refractivity contribution in [3.63, 3.8) is 0 Å². The zero-order chi connectivity index (χ0) is 15.9. The quantitative estimate of drug-likeness (QED) is 0.569. The average Bonchev–Trinajstić information content (AvgIpc) is 2.87. The number of aromatic hydroxyl groups is 2. The molecule has 0 saturated carbocycles. The van der Waals surface area contributed by atoms with E-state index in [0.717, 1.165) is 16.1 Å². The Hall–Kier alpha value is -2.80. The average molecular weight is 317 g/mol. The summed E-state index contributed by atoms with van der Waals surface area (Å²) in [5, 5.41) is 19.4. The Morgan fingerprint density at radius 2 is 1.64 bits per heavy atom. The van der Waals surface area contributed by atoms with E-state index in [4.69, 9.17) is 0 Å². The third-order valence-corrected chi connectivity index (χ3v) is 5.01. The van der Waals surface area contributed by atoms with Crippen LogP contribution in [-0.4, -0.2) is 28.9 Å². The summed E-state index contributed by atoms with van der Waals surface area (Å²) in [5.74, 6) is -0.891. The van der Waals surface area contributed by atoms with Crippen molar-refractivity contribution >= 4 is 27.2 Å². The standard InChI is InChI=1S/C15H11NO5S/c17-9-10-8-16(13-7-15(19)14(18)6-12(10)13)22(20,21)11-4-2-1-3-5-11/h1-9,18-19H. The largest absolute Gasteiger partial charge is 0.504 e. The molecule has 0 radical (unpaired) electrons. The van der Waals surface area contributed by atoms with Gasteiger partial charge < -0.3 is 10.2 Å². The fourth-order valence-electron chi connectivity index (χ4n) is 2.24. The van der Waals surface area contributed by atoms with Crippen LogP contribution >= 0.6 is 0 Å². The molecule has 3 aromatic rings. The van der Waals surface area contributed by atoms with Gasteiger partial charge in [-0.2, -0.15) is 0 Å². The molecule has 22 heavy (non-hydrogen) atoms. The third-order valence-electron chi connectivity index (χ3n) is 3.32. The Kier molecular flexibility index (Phi) is 3.14. The number of nitrogens with zero attached hydrogens (tertiary/aromatic N) is 1. The smallest absolute Gasteiger partial charge is 0.268 e. The van der Waals surface area contributed by atoms with Gasteiger partial charge in [0, 0.05) is 23.2 Å². The van der Waals surface area contributed by atoms with Crippen LogP contribution in [0.1, 0.15) is 10.4 Å². The fourth-order valence-corrected chi connectivity index (χ4v) is 3.63. The van der Waals surface area contributed by atoms with Crippen molar-refractivity contribution < 1.29 is 23.4 Å². The maximum absolute atomic E-state index is 12.7. The molecule has 0 saturated heterocycles. The minimum Gasteiger partial charge on any atom is -0.504 e. The number of phenols is 2. The molecular weight excluding hydrogens is 306 g/mol. The summed E-state index contributed by atoms with van der Waals surface area (Å²) in [5.41, 5.74) is 0.214. The first-order valence-electron chi connectivity index (χ1n) is 6.28. The van der Waals surface area contributed by atoms with E-state index in [2.05, 4.69) is 0 Å². The lowest BCUT2D eigenvalue weighted by molar-refractivity contribution is 0.112. The molecule has 112 valence electrons. The molecule has 0 bridgehead atoms. The first-order chi connectivity index (χ1) is 10.4. The number of aromatic nitrogens is 1. The number of hydrogen-bond acceptors (Lipinski definition) is 5. The highest BCUT2D eigenvalue weighted by molar-refractivity contribution is 7.90. The maximum Gasteiger partial charge on any atom is 0.268 e.